The van der Waals surface area contributed by atoms with Crippen LogP contribution in [0, 0.1) is 23.2 Å². The Hall–Kier alpha value is -1.50. The lowest BCUT2D eigenvalue weighted by atomic mass is 9.55. The summed E-state index contributed by atoms with van der Waals surface area (Å²) in [5.74, 6) is 2.85. The normalized spacial score (nSPS) is 47.1. The molecule has 3 bridgehead atoms. The van der Waals surface area contributed by atoms with Crippen molar-refractivity contribution in [2.75, 3.05) is 19.6 Å². The van der Waals surface area contributed by atoms with Crippen LogP contribution in [0.2, 0.25) is 0 Å². The van der Waals surface area contributed by atoms with Gasteiger partial charge in [-0.05, 0) is 36.3 Å². The van der Waals surface area contributed by atoms with Crippen molar-refractivity contribution >= 4 is 27.4 Å². The van der Waals surface area contributed by atoms with Gasteiger partial charge in [0.2, 0.25) is 0 Å². The van der Waals surface area contributed by atoms with Crippen LogP contribution in [-0.4, -0.2) is 41.1 Å². The lowest BCUT2D eigenvalue weighted by molar-refractivity contribution is -0.152. The van der Waals surface area contributed by atoms with E-state index in [0.717, 1.165) is 28.8 Å². The number of hydrogen-bond acceptors (Lipinski definition) is 6. The molecule has 24 heavy (non-hydrogen) atoms. The van der Waals surface area contributed by atoms with Crippen LogP contribution in [-0.2, 0) is 4.84 Å². The molecule has 1 aromatic carbocycles. The molecule has 2 saturated carbocycles. The first-order chi connectivity index (χ1) is 11.8. The molecule has 2 aromatic rings. The number of aliphatic imine (C=N–C) groups is 1. The number of thiazole rings is 1. The summed E-state index contributed by atoms with van der Waals surface area (Å²) in [6.07, 6.45) is 2.59. The maximum atomic E-state index is 6.26. The first-order valence-electron chi connectivity index (χ1n) is 8.89. The summed E-state index contributed by atoms with van der Waals surface area (Å²) in [5, 5.41) is 0.952. The summed E-state index contributed by atoms with van der Waals surface area (Å²) < 4.78 is 1.20. The average Bonchev–Trinajstić information content (AvgIpc) is 3.28. The number of rotatable bonds is 1. The minimum atomic E-state index is -0.334. The number of fused-ring (bicyclic) bond motifs is 5. The SMILES string of the molecule is c1ccc2sc(C3=NC4(ON3)C3CN5CC6CC4C6(C3)C5)nc2c1. The number of para-hydroxylation sites is 1. The van der Waals surface area contributed by atoms with Crippen LogP contribution in [0.1, 0.15) is 17.8 Å². The monoisotopic (exact) mass is 338 g/mol. The molecule has 2 spiro atoms. The van der Waals surface area contributed by atoms with E-state index in [2.05, 4.69) is 28.6 Å². The van der Waals surface area contributed by atoms with Crippen LogP contribution in [0.25, 0.3) is 10.2 Å². The third kappa shape index (κ3) is 1.26. The minimum absolute atomic E-state index is 0.334. The van der Waals surface area contributed by atoms with Gasteiger partial charge in [-0.15, -0.1) is 11.3 Å². The number of nitrogens with one attached hydrogen (secondary N) is 1. The van der Waals surface area contributed by atoms with Gasteiger partial charge in [-0.3, -0.25) is 0 Å². The Balaban J connectivity index is 1.34. The quantitative estimate of drug-likeness (QED) is 0.866. The molecule has 4 fully saturated rings. The standard InChI is InChI=1S/C18H18N4OS/c1-2-4-13-12(3-1)19-16(24-13)15-20-18(23-21-15)11-6-17-9-22(8-11)7-10(17)5-14(17)18/h1-4,10-11,14H,5-9H2,(H,20,21). The molecule has 6 atom stereocenters. The van der Waals surface area contributed by atoms with Gasteiger partial charge < -0.3 is 4.90 Å². The smallest absolute Gasteiger partial charge is 0.195 e. The van der Waals surface area contributed by atoms with Gasteiger partial charge in [-0.1, -0.05) is 12.1 Å². The largest absolute Gasteiger partial charge is 0.302 e. The number of hydrogen-bond donors (Lipinski definition) is 1. The molecule has 7 rings (SSSR count). The maximum Gasteiger partial charge on any atom is 0.195 e. The summed E-state index contributed by atoms with van der Waals surface area (Å²) >= 11 is 1.69. The predicted molar refractivity (Wildman–Crippen MR) is 91.7 cm³/mol. The van der Waals surface area contributed by atoms with E-state index in [0.29, 0.717) is 17.3 Å². The summed E-state index contributed by atoms with van der Waals surface area (Å²) in [6.45, 7) is 3.73. The fraction of sp³-hybridized carbons (Fsp3) is 0.556. The third-order valence-electron chi connectivity index (χ3n) is 7.31. The van der Waals surface area contributed by atoms with Crippen LogP contribution < -0.4 is 5.48 Å². The Labute approximate surface area is 143 Å². The molecule has 1 N–H and O–H groups in total. The van der Waals surface area contributed by atoms with Crippen molar-refractivity contribution in [3.05, 3.63) is 29.3 Å². The van der Waals surface area contributed by atoms with E-state index in [4.69, 9.17) is 14.8 Å². The molecule has 122 valence electrons. The van der Waals surface area contributed by atoms with Crippen LogP contribution >= 0.6 is 11.3 Å². The van der Waals surface area contributed by atoms with Crippen molar-refractivity contribution in [3.8, 4) is 0 Å². The molecule has 5 nitrogen and oxygen atoms in total. The van der Waals surface area contributed by atoms with Gasteiger partial charge in [0.25, 0.3) is 0 Å². The molecule has 2 aliphatic carbocycles. The van der Waals surface area contributed by atoms with Gasteiger partial charge in [0, 0.05) is 31.5 Å². The van der Waals surface area contributed by atoms with Gasteiger partial charge >= 0.3 is 0 Å². The van der Waals surface area contributed by atoms with Crippen molar-refractivity contribution in [2.45, 2.75) is 18.6 Å². The summed E-state index contributed by atoms with van der Waals surface area (Å²) in [6, 6.07) is 8.27. The first kappa shape index (κ1) is 12.8. The van der Waals surface area contributed by atoms with Crippen molar-refractivity contribution in [1.29, 1.82) is 0 Å². The molecule has 0 amide bonds. The summed E-state index contributed by atoms with van der Waals surface area (Å²) in [7, 11) is 0. The number of piperidine rings is 1. The van der Waals surface area contributed by atoms with E-state index >= 15 is 0 Å². The molecule has 6 unspecified atom stereocenters. The number of nitrogens with zero attached hydrogens (tertiary/aromatic N) is 3. The summed E-state index contributed by atoms with van der Waals surface area (Å²) in [4.78, 5) is 18.8. The highest BCUT2D eigenvalue weighted by Crippen LogP contribution is 2.73. The summed E-state index contributed by atoms with van der Waals surface area (Å²) in [5.41, 5.74) is 4.37. The zero-order valence-electron chi connectivity index (χ0n) is 13.2. The van der Waals surface area contributed by atoms with Crippen LogP contribution in [0.4, 0.5) is 0 Å². The van der Waals surface area contributed by atoms with E-state index in [9.17, 15) is 0 Å². The van der Waals surface area contributed by atoms with Gasteiger partial charge in [0.05, 0.1) is 10.2 Å². The topological polar surface area (TPSA) is 49.8 Å². The Morgan fingerprint density at radius 3 is 3.12 bits per heavy atom. The highest BCUT2D eigenvalue weighted by molar-refractivity contribution is 7.20. The number of benzene rings is 1. The molecule has 4 heterocycles. The van der Waals surface area contributed by atoms with E-state index in [1.807, 2.05) is 6.07 Å². The van der Waals surface area contributed by atoms with E-state index < -0.39 is 0 Å². The lowest BCUT2D eigenvalue weighted by Crippen LogP contribution is -2.53. The Bertz CT molecular complexity index is 892. The molecule has 5 aliphatic rings. The number of aromatic nitrogens is 1. The van der Waals surface area contributed by atoms with E-state index in [1.165, 1.54) is 30.6 Å². The van der Waals surface area contributed by atoms with Gasteiger partial charge in [-0.2, -0.15) is 0 Å². The van der Waals surface area contributed by atoms with Crippen LogP contribution in [0.3, 0.4) is 0 Å². The third-order valence-corrected chi connectivity index (χ3v) is 8.35. The first-order valence-corrected chi connectivity index (χ1v) is 9.71. The van der Waals surface area contributed by atoms with Crippen molar-refractivity contribution in [3.63, 3.8) is 0 Å². The Morgan fingerprint density at radius 2 is 2.17 bits per heavy atom. The van der Waals surface area contributed by atoms with Crippen molar-refractivity contribution < 1.29 is 4.84 Å². The van der Waals surface area contributed by atoms with Gasteiger partial charge in [0.1, 0.15) is 0 Å². The predicted octanol–water partition coefficient (Wildman–Crippen LogP) is 2.25. The van der Waals surface area contributed by atoms with Crippen molar-refractivity contribution in [1.82, 2.24) is 15.4 Å². The van der Waals surface area contributed by atoms with Gasteiger partial charge in [-0.25, -0.2) is 20.3 Å². The Morgan fingerprint density at radius 1 is 1.25 bits per heavy atom. The minimum Gasteiger partial charge on any atom is -0.302 e. The van der Waals surface area contributed by atoms with E-state index in [-0.39, 0.29) is 5.72 Å². The molecule has 2 saturated heterocycles. The molecule has 1 aromatic heterocycles. The highest BCUT2D eigenvalue weighted by Gasteiger charge is 2.77. The second-order valence-electron chi connectivity index (χ2n) is 8.22. The second kappa shape index (κ2) is 3.84. The molecule has 3 aliphatic heterocycles. The van der Waals surface area contributed by atoms with Crippen LogP contribution in [0.5, 0.6) is 0 Å². The Kier molecular flexibility index (Phi) is 2.05. The number of hydroxylamine groups is 1. The average molecular weight is 338 g/mol. The van der Waals surface area contributed by atoms with Crippen LogP contribution in [0.15, 0.2) is 29.3 Å². The lowest BCUT2D eigenvalue weighted by Gasteiger charge is -2.50. The zero-order valence-corrected chi connectivity index (χ0v) is 14.1. The molecular formula is C18H18N4OS. The van der Waals surface area contributed by atoms with Gasteiger partial charge in [0.15, 0.2) is 16.6 Å². The fourth-order valence-corrected chi connectivity index (χ4v) is 7.30. The van der Waals surface area contributed by atoms with E-state index in [1.54, 1.807) is 11.3 Å². The maximum absolute atomic E-state index is 6.26. The zero-order chi connectivity index (χ0) is 15.5. The molecule has 0 radical (unpaired) electrons. The molecule has 6 heteroatoms. The van der Waals surface area contributed by atoms with Crippen molar-refractivity contribution in [2.24, 2.45) is 28.2 Å². The number of amidine groups is 1. The highest BCUT2D eigenvalue weighted by atomic mass is 32.1. The molecular weight excluding hydrogens is 320 g/mol. The fourth-order valence-electron chi connectivity index (χ4n) is 6.40. The second-order valence-corrected chi connectivity index (χ2v) is 9.25.